The number of ether oxygens (including phenoxy) is 5. The Labute approximate surface area is 463 Å². The summed E-state index contributed by atoms with van der Waals surface area (Å²) < 4.78 is 27.0. The topological polar surface area (TPSA) is 362 Å². The van der Waals surface area contributed by atoms with Crippen molar-refractivity contribution in [3.63, 3.8) is 0 Å². The van der Waals surface area contributed by atoms with Gasteiger partial charge in [-0.1, -0.05) is 101 Å². The van der Waals surface area contributed by atoms with E-state index in [0.29, 0.717) is 19.3 Å². The van der Waals surface area contributed by atoms with Crippen molar-refractivity contribution in [1.82, 2.24) is 36.8 Å². The quantitative estimate of drug-likeness (QED) is 0.0278. The van der Waals surface area contributed by atoms with Crippen molar-refractivity contribution < 1.29 is 87.9 Å². The van der Waals surface area contributed by atoms with E-state index in [0.717, 1.165) is 24.8 Å². The average Bonchev–Trinajstić information content (AvgIpc) is 3.45. The lowest BCUT2D eigenvalue weighted by Crippen LogP contribution is -2.57. The molecule has 0 spiro atoms. The summed E-state index contributed by atoms with van der Waals surface area (Å²) in [6.07, 6.45) is 0.558. The Bertz CT molecular complexity index is 1890. The number of rotatable bonds is 40. The van der Waals surface area contributed by atoms with Crippen molar-refractivity contribution in [2.75, 3.05) is 65.6 Å². The van der Waals surface area contributed by atoms with Crippen LogP contribution in [0.5, 0.6) is 0 Å². The van der Waals surface area contributed by atoms with Crippen LogP contribution in [-0.4, -0.2) is 210 Å². The van der Waals surface area contributed by atoms with Gasteiger partial charge in [0, 0.05) is 39.0 Å². The number of hydrogen-bond donors (Lipinski definition) is 12. The molecule has 0 aromatic heterocycles. The van der Waals surface area contributed by atoms with E-state index in [4.69, 9.17) is 23.7 Å². The van der Waals surface area contributed by atoms with E-state index in [-0.39, 0.29) is 71.2 Å². The maximum absolute atomic E-state index is 13.3. The molecular weight excluding hydrogens is 1030 g/mol. The molecule has 2 aliphatic heterocycles. The van der Waals surface area contributed by atoms with Crippen molar-refractivity contribution in [2.24, 2.45) is 0 Å². The second-order valence-corrected chi connectivity index (χ2v) is 20.2. The normalized spacial score (nSPS) is 23.3. The fourth-order valence-corrected chi connectivity index (χ4v) is 8.59. The van der Waals surface area contributed by atoms with Crippen LogP contribution in [0.4, 0.5) is 0 Å². The number of aliphatic hydroxyl groups excluding tert-OH is 6. The third-order valence-electron chi connectivity index (χ3n) is 13.3. The monoisotopic (exact) mass is 1130 g/mol. The van der Waals surface area contributed by atoms with Crippen LogP contribution in [0.25, 0.3) is 0 Å². The van der Waals surface area contributed by atoms with Gasteiger partial charge in [-0.3, -0.25) is 38.5 Å². The number of benzene rings is 1. The maximum Gasteiger partial charge on any atom is 0.306 e. The highest BCUT2D eigenvalue weighted by Crippen LogP contribution is 2.23. The Morgan fingerprint density at radius 2 is 1.00 bits per heavy atom. The molecule has 6 amide bonds. The molecule has 1 aromatic carbocycles. The van der Waals surface area contributed by atoms with Crippen molar-refractivity contribution >= 4 is 41.4 Å². The molecule has 0 saturated carbocycles. The Morgan fingerprint density at radius 1 is 0.532 bits per heavy atom. The molecule has 25 nitrogen and oxygen atoms in total. The fourth-order valence-electron chi connectivity index (χ4n) is 8.59. The van der Waals surface area contributed by atoms with Gasteiger partial charge in [-0.2, -0.15) is 0 Å². The van der Waals surface area contributed by atoms with Gasteiger partial charge in [0.1, 0.15) is 49.3 Å². The number of aliphatic hydroxyl groups is 6. The van der Waals surface area contributed by atoms with Crippen molar-refractivity contribution in [3.05, 3.63) is 35.9 Å². The van der Waals surface area contributed by atoms with E-state index >= 15 is 0 Å². The molecule has 0 aliphatic carbocycles. The lowest BCUT2D eigenvalue weighted by Gasteiger charge is -2.38. The highest BCUT2D eigenvalue weighted by atomic mass is 16.7. The minimum atomic E-state index is -1.55. The predicted octanol–water partition coefficient (Wildman–Crippen LogP) is -0.953. The minimum absolute atomic E-state index is 0.0420. The van der Waals surface area contributed by atoms with Crippen LogP contribution >= 0.6 is 0 Å². The Morgan fingerprint density at radius 3 is 1.52 bits per heavy atom. The molecular formula is C54H91N7O18. The summed E-state index contributed by atoms with van der Waals surface area (Å²) >= 11 is 0. The highest BCUT2D eigenvalue weighted by Gasteiger charge is 2.43. The summed E-state index contributed by atoms with van der Waals surface area (Å²) in [5, 5.41) is 76.1. The van der Waals surface area contributed by atoms with Gasteiger partial charge in [0.15, 0.2) is 12.6 Å². The number of carbonyl (C=O) groups excluding carboxylic acids is 7. The van der Waals surface area contributed by atoms with Gasteiger partial charge in [-0.15, -0.1) is 0 Å². The summed E-state index contributed by atoms with van der Waals surface area (Å²) in [6, 6.07) is 8.23. The van der Waals surface area contributed by atoms with E-state index in [1.807, 2.05) is 30.3 Å². The summed E-state index contributed by atoms with van der Waals surface area (Å²) in [5.41, 5.74) is 0.820. The first-order valence-electron chi connectivity index (χ1n) is 28.1. The molecule has 2 saturated heterocycles. The standard InChI is InChI=1S/C54H91N7O18/c1-4-5-6-7-8-9-10-11-12-13-17-22-40(62)60-39(23-24-45(67)77-35-38-20-15-14-16-21-38)52(74)58-26-19-18-25-55-41(63)31-59-44(66)34-61(32-42(64)56-27-29-75-53-50(72)48(70)46(68)36(2)78-53)33-43(65)57-28-30-76-54-51(73)49(71)47(69)37(3)79-54/h14-16,20-21,36-37,39,46-51,53-54,68-73H,4-13,17-19,22-35H2,1-3H3,(H,55,63)(H,56,64)(H,57,65)(H,58,74)(H,59,66)(H,60,62)/t36-,37-,39-,46+,47+,48+,49+,50-,51-,53+,54+/m0/s1. The maximum atomic E-state index is 13.3. The molecule has 0 unspecified atom stereocenters. The van der Waals surface area contributed by atoms with Crippen LogP contribution < -0.4 is 31.9 Å². The second kappa shape index (κ2) is 39.5. The molecule has 0 bridgehead atoms. The number of carbonyl (C=O) groups is 7. The second-order valence-electron chi connectivity index (χ2n) is 20.2. The first kappa shape index (κ1) is 68.3. The largest absolute Gasteiger partial charge is 0.461 e. The zero-order valence-corrected chi connectivity index (χ0v) is 46.4. The highest BCUT2D eigenvalue weighted by molar-refractivity contribution is 5.88. The van der Waals surface area contributed by atoms with E-state index < -0.39 is 129 Å². The smallest absolute Gasteiger partial charge is 0.306 e. The van der Waals surface area contributed by atoms with Crippen LogP contribution in [0.1, 0.15) is 129 Å². The van der Waals surface area contributed by atoms with E-state index in [9.17, 15) is 64.2 Å². The van der Waals surface area contributed by atoms with Crippen molar-refractivity contribution in [2.45, 2.75) is 198 Å². The molecule has 3 rings (SSSR count). The Kier molecular flexibility index (Phi) is 34.1. The number of esters is 1. The molecule has 450 valence electrons. The zero-order chi connectivity index (χ0) is 58.0. The van der Waals surface area contributed by atoms with E-state index in [2.05, 4.69) is 38.8 Å². The fraction of sp³-hybridized carbons (Fsp3) is 0.759. The van der Waals surface area contributed by atoms with Gasteiger partial charge in [-0.05, 0) is 45.1 Å². The van der Waals surface area contributed by atoms with Gasteiger partial charge in [0.25, 0.3) is 0 Å². The minimum Gasteiger partial charge on any atom is -0.461 e. The first-order valence-corrected chi connectivity index (χ1v) is 28.1. The van der Waals surface area contributed by atoms with Crippen LogP contribution in [0.3, 0.4) is 0 Å². The van der Waals surface area contributed by atoms with Crippen molar-refractivity contribution in [3.8, 4) is 0 Å². The molecule has 1 aromatic rings. The van der Waals surface area contributed by atoms with Gasteiger partial charge in [-0.25, -0.2) is 0 Å². The van der Waals surface area contributed by atoms with Crippen molar-refractivity contribution in [1.29, 1.82) is 0 Å². The van der Waals surface area contributed by atoms with E-state index in [1.165, 1.54) is 63.7 Å². The Balaban J connectivity index is 1.42. The van der Waals surface area contributed by atoms with Gasteiger partial charge in [0.2, 0.25) is 35.4 Å². The number of nitrogens with one attached hydrogen (secondary N) is 6. The molecule has 2 fully saturated rings. The summed E-state index contributed by atoms with van der Waals surface area (Å²) in [4.78, 5) is 91.8. The SMILES string of the molecule is CCCCCCCCCCCCCC(=O)N[C@@H](CCC(=O)OCc1ccccc1)C(=O)NCCCCNC(=O)CNC(=O)CN(CC(=O)NCCO[C@@H]1O[C@@H](C)[C@@H](O)[C@@H](O)[C@@H]1O)CC(=O)NCCO[C@@H]1O[C@@H](C)[C@@H](O)[C@@H](O)[C@@H]1O. The number of amides is 6. The number of nitrogens with zero attached hydrogens (tertiary/aromatic N) is 1. The van der Waals surface area contributed by atoms with Gasteiger partial charge in [0.05, 0.1) is 51.6 Å². The average molecular weight is 1130 g/mol. The molecule has 2 aliphatic rings. The van der Waals surface area contributed by atoms with Crippen LogP contribution in [0.2, 0.25) is 0 Å². The summed E-state index contributed by atoms with van der Waals surface area (Å²) in [6.45, 7) is 3.19. The Hall–Kier alpha value is -4.93. The van der Waals surface area contributed by atoms with Crippen LogP contribution in [0, 0.1) is 0 Å². The molecule has 11 atom stereocenters. The zero-order valence-electron chi connectivity index (χ0n) is 46.4. The summed E-state index contributed by atoms with van der Waals surface area (Å²) in [7, 11) is 0. The third-order valence-corrected chi connectivity index (χ3v) is 13.3. The lowest BCUT2D eigenvalue weighted by molar-refractivity contribution is -0.292. The third kappa shape index (κ3) is 28.4. The molecule has 25 heteroatoms. The van der Waals surface area contributed by atoms with Crippen LogP contribution in [0.15, 0.2) is 30.3 Å². The first-order chi connectivity index (χ1) is 37.9. The summed E-state index contributed by atoms with van der Waals surface area (Å²) in [5.74, 6) is -3.73. The predicted molar refractivity (Wildman–Crippen MR) is 286 cm³/mol. The molecule has 2 heterocycles. The van der Waals surface area contributed by atoms with Crippen LogP contribution in [-0.2, 0) is 63.9 Å². The molecule has 79 heavy (non-hydrogen) atoms. The lowest BCUT2D eigenvalue weighted by atomic mass is 10.0. The number of unbranched alkanes of at least 4 members (excludes halogenated alkanes) is 11. The van der Waals surface area contributed by atoms with Gasteiger partial charge < -0.3 is 86.2 Å². The van der Waals surface area contributed by atoms with E-state index in [1.54, 1.807) is 0 Å². The molecule has 12 N–H and O–H groups in total. The number of hydrogen-bond acceptors (Lipinski definition) is 19. The van der Waals surface area contributed by atoms with Gasteiger partial charge >= 0.3 is 5.97 Å². The molecule has 0 radical (unpaired) electrons.